The highest BCUT2D eigenvalue weighted by Gasteiger charge is 2.21. The van der Waals surface area contributed by atoms with Crippen LogP contribution in [0.5, 0.6) is 5.75 Å². The van der Waals surface area contributed by atoms with Gasteiger partial charge in [0.15, 0.2) is 5.75 Å². The van der Waals surface area contributed by atoms with E-state index in [9.17, 15) is 4.79 Å². The molecule has 5 heteroatoms. The van der Waals surface area contributed by atoms with Gasteiger partial charge in [-0.15, -0.1) is 0 Å². The molecule has 1 aromatic carbocycles. The van der Waals surface area contributed by atoms with Gasteiger partial charge in [-0.25, -0.2) is 0 Å². The fourth-order valence-corrected chi connectivity index (χ4v) is 1.63. The Labute approximate surface area is 98.7 Å². The van der Waals surface area contributed by atoms with Crippen LogP contribution in [0.15, 0.2) is 30.5 Å². The molecule has 90 valence electrons. The van der Waals surface area contributed by atoms with E-state index in [1.807, 2.05) is 18.2 Å². The summed E-state index contributed by atoms with van der Waals surface area (Å²) < 4.78 is 4.58. The summed E-state index contributed by atoms with van der Waals surface area (Å²) >= 11 is 0. The molecule has 0 aromatic heterocycles. The predicted octanol–water partition coefficient (Wildman–Crippen LogP) is 1.24. The molecule has 5 nitrogen and oxygen atoms in total. The van der Waals surface area contributed by atoms with Crippen LogP contribution in [0.1, 0.15) is 12.0 Å². The van der Waals surface area contributed by atoms with E-state index in [2.05, 4.69) is 4.74 Å². The standard InChI is InChI=1S/C12H13NO4/c1-15-12(14)10(13)6-8-7-16-17-11-5-3-2-4-9(8)11/h2-5,7,10H,6,13H2,1H3. The van der Waals surface area contributed by atoms with E-state index in [1.54, 1.807) is 6.07 Å². The van der Waals surface area contributed by atoms with Gasteiger partial charge in [0, 0.05) is 17.6 Å². The number of ether oxygens (including phenoxy) is 1. The molecule has 0 amide bonds. The minimum Gasteiger partial charge on any atom is -0.468 e. The van der Waals surface area contributed by atoms with Crippen LogP contribution in [0.2, 0.25) is 0 Å². The van der Waals surface area contributed by atoms with Crippen molar-refractivity contribution in [3.63, 3.8) is 0 Å². The van der Waals surface area contributed by atoms with Gasteiger partial charge < -0.3 is 10.5 Å². The smallest absolute Gasteiger partial charge is 0.322 e. The third-order valence-corrected chi connectivity index (χ3v) is 2.51. The van der Waals surface area contributed by atoms with Gasteiger partial charge in [0.1, 0.15) is 12.3 Å². The van der Waals surface area contributed by atoms with Gasteiger partial charge in [-0.2, -0.15) is 0 Å². The Morgan fingerprint density at radius 1 is 1.47 bits per heavy atom. The summed E-state index contributed by atoms with van der Waals surface area (Å²) in [4.78, 5) is 21.1. The van der Waals surface area contributed by atoms with Crippen LogP contribution in [0.25, 0.3) is 5.57 Å². The van der Waals surface area contributed by atoms with E-state index in [0.717, 1.165) is 11.1 Å². The van der Waals surface area contributed by atoms with E-state index < -0.39 is 12.0 Å². The van der Waals surface area contributed by atoms with Crippen LogP contribution in [0.4, 0.5) is 0 Å². The normalized spacial score (nSPS) is 14.8. The van der Waals surface area contributed by atoms with Gasteiger partial charge in [0.25, 0.3) is 0 Å². The maximum atomic E-state index is 11.3. The molecule has 1 aliphatic heterocycles. The number of esters is 1. The van der Waals surface area contributed by atoms with Crippen LogP contribution in [-0.2, 0) is 14.4 Å². The first-order chi connectivity index (χ1) is 8.22. The molecule has 1 aromatic rings. The number of benzene rings is 1. The molecule has 2 N–H and O–H groups in total. The molecule has 0 aliphatic carbocycles. The number of carbonyl (C=O) groups excluding carboxylic acids is 1. The SMILES string of the molecule is COC(=O)C(N)CC1=COOc2ccccc21. The lowest BCUT2D eigenvalue weighted by Crippen LogP contribution is -2.32. The third-order valence-electron chi connectivity index (χ3n) is 2.51. The fourth-order valence-electron chi connectivity index (χ4n) is 1.63. The maximum absolute atomic E-state index is 11.3. The number of hydrogen-bond acceptors (Lipinski definition) is 5. The molecule has 0 radical (unpaired) electrons. The largest absolute Gasteiger partial charge is 0.468 e. The summed E-state index contributed by atoms with van der Waals surface area (Å²) in [5.74, 6) is 0.164. The molecule has 0 spiro atoms. The molecule has 0 fully saturated rings. The number of hydrogen-bond donors (Lipinski definition) is 1. The number of fused-ring (bicyclic) bond motifs is 1. The molecule has 2 rings (SSSR count). The van der Waals surface area contributed by atoms with Gasteiger partial charge in [-0.05, 0) is 6.07 Å². The number of methoxy groups -OCH3 is 1. The topological polar surface area (TPSA) is 70.8 Å². The lowest BCUT2D eigenvalue weighted by Gasteiger charge is -2.18. The summed E-state index contributed by atoms with van der Waals surface area (Å²) in [6.07, 6.45) is 1.79. The van der Waals surface area contributed by atoms with E-state index in [4.69, 9.17) is 15.5 Å². The zero-order valence-corrected chi connectivity index (χ0v) is 9.38. The fraction of sp³-hybridized carbons (Fsp3) is 0.250. The van der Waals surface area contributed by atoms with Crippen LogP contribution in [-0.4, -0.2) is 19.1 Å². The molecule has 0 saturated carbocycles. The van der Waals surface area contributed by atoms with Crippen LogP contribution in [0.3, 0.4) is 0 Å². The van der Waals surface area contributed by atoms with Crippen molar-refractivity contribution in [3.05, 3.63) is 36.1 Å². The molecular formula is C12H13NO4. The van der Waals surface area contributed by atoms with Crippen molar-refractivity contribution in [3.8, 4) is 5.75 Å². The average Bonchev–Trinajstić information content (AvgIpc) is 2.38. The van der Waals surface area contributed by atoms with Crippen LogP contribution >= 0.6 is 0 Å². The lowest BCUT2D eigenvalue weighted by molar-refractivity contribution is -0.152. The van der Waals surface area contributed by atoms with Crippen molar-refractivity contribution >= 4 is 11.5 Å². The summed E-state index contributed by atoms with van der Waals surface area (Å²) in [6.45, 7) is 0. The highest BCUT2D eigenvalue weighted by atomic mass is 17.2. The van der Waals surface area contributed by atoms with Gasteiger partial charge >= 0.3 is 5.97 Å². The zero-order valence-electron chi connectivity index (χ0n) is 9.38. The Kier molecular flexibility index (Phi) is 3.30. The molecular weight excluding hydrogens is 222 g/mol. The Bertz CT molecular complexity index is 456. The minimum absolute atomic E-state index is 0.340. The first-order valence-corrected chi connectivity index (χ1v) is 5.17. The van der Waals surface area contributed by atoms with Crippen molar-refractivity contribution in [1.82, 2.24) is 0 Å². The monoisotopic (exact) mass is 235 g/mol. The van der Waals surface area contributed by atoms with Gasteiger partial charge in [-0.3, -0.25) is 14.6 Å². The van der Waals surface area contributed by atoms with E-state index in [-0.39, 0.29) is 0 Å². The second-order valence-corrected chi connectivity index (χ2v) is 3.65. The summed E-state index contributed by atoms with van der Waals surface area (Å²) in [7, 11) is 1.31. The van der Waals surface area contributed by atoms with Crippen molar-refractivity contribution in [2.45, 2.75) is 12.5 Å². The van der Waals surface area contributed by atoms with Crippen molar-refractivity contribution in [1.29, 1.82) is 0 Å². The number of para-hydroxylation sites is 1. The summed E-state index contributed by atoms with van der Waals surface area (Å²) in [6, 6.07) is 6.68. The molecule has 0 saturated heterocycles. The van der Waals surface area contributed by atoms with Gasteiger partial charge in [0.05, 0.1) is 7.11 Å². The van der Waals surface area contributed by atoms with E-state index >= 15 is 0 Å². The molecule has 1 aliphatic rings. The second-order valence-electron chi connectivity index (χ2n) is 3.65. The Hall–Kier alpha value is -2.01. The molecule has 1 heterocycles. The summed E-state index contributed by atoms with van der Waals surface area (Å²) in [5.41, 5.74) is 7.39. The molecule has 1 unspecified atom stereocenters. The van der Waals surface area contributed by atoms with Crippen molar-refractivity contribution < 1.29 is 19.3 Å². The highest BCUT2D eigenvalue weighted by Crippen LogP contribution is 2.32. The second kappa shape index (κ2) is 4.88. The third kappa shape index (κ3) is 2.39. The van der Waals surface area contributed by atoms with Crippen molar-refractivity contribution in [2.75, 3.05) is 7.11 Å². The maximum Gasteiger partial charge on any atom is 0.322 e. The zero-order chi connectivity index (χ0) is 12.3. The van der Waals surface area contributed by atoms with Gasteiger partial charge in [0.2, 0.25) is 0 Å². The van der Waals surface area contributed by atoms with E-state index in [1.165, 1.54) is 13.4 Å². The summed E-state index contributed by atoms with van der Waals surface area (Å²) in [5, 5.41) is 0. The molecule has 17 heavy (non-hydrogen) atoms. The van der Waals surface area contributed by atoms with Crippen LogP contribution < -0.4 is 10.6 Å². The van der Waals surface area contributed by atoms with E-state index in [0.29, 0.717) is 12.2 Å². The Balaban J connectivity index is 2.17. The molecule has 0 bridgehead atoms. The quantitative estimate of drug-likeness (QED) is 0.630. The first kappa shape index (κ1) is 11.5. The van der Waals surface area contributed by atoms with Crippen molar-refractivity contribution in [2.24, 2.45) is 5.73 Å². The Morgan fingerprint density at radius 3 is 3.00 bits per heavy atom. The lowest BCUT2D eigenvalue weighted by atomic mass is 9.99. The molecule has 1 atom stereocenters. The number of rotatable bonds is 3. The Morgan fingerprint density at radius 2 is 2.24 bits per heavy atom. The number of nitrogens with two attached hydrogens (primary N) is 1. The first-order valence-electron chi connectivity index (χ1n) is 5.17. The van der Waals surface area contributed by atoms with Gasteiger partial charge in [-0.1, -0.05) is 18.2 Å². The highest BCUT2D eigenvalue weighted by molar-refractivity contribution is 5.80. The average molecular weight is 235 g/mol. The minimum atomic E-state index is -0.707. The number of carbonyl (C=O) groups is 1. The van der Waals surface area contributed by atoms with Crippen LogP contribution in [0, 0.1) is 0 Å². The predicted molar refractivity (Wildman–Crippen MR) is 60.7 cm³/mol.